The second-order valence-electron chi connectivity index (χ2n) is 6.50. The van der Waals surface area contributed by atoms with Gasteiger partial charge in [-0.3, -0.25) is 0 Å². The number of hydrogen-bond acceptors (Lipinski definition) is 3. The molecule has 0 saturated carbocycles. The van der Waals surface area contributed by atoms with E-state index in [9.17, 15) is 18.7 Å². The molecule has 0 bridgehead atoms. The largest absolute Gasteiger partial charge is 0.465 e. The van der Waals surface area contributed by atoms with Gasteiger partial charge in [0.1, 0.15) is 11.6 Å². The molecule has 7 heteroatoms. The normalized spacial score (nSPS) is 28.0. The van der Waals surface area contributed by atoms with Gasteiger partial charge in [-0.05, 0) is 31.9 Å². The Morgan fingerprint density at radius 2 is 2.12 bits per heavy atom. The molecular formula is C17H22F2N2O3. The minimum atomic E-state index is -0.937. The Hall–Kier alpha value is -1.89. The number of morpholine rings is 1. The molecule has 3 unspecified atom stereocenters. The minimum Gasteiger partial charge on any atom is -0.465 e. The van der Waals surface area contributed by atoms with Crippen LogP contribution >= 0.6 is 0 Å². The summed E-state index contributed by atoms with van der Waals surface area (Å²) in [7, 11) is 0. The number of anilines is 1. The molecule has 1 aromatic rings. The first-order valence-electron chi connectivity index (χ1n) is 8.28. The predicted octanol–water partition coefficient (Wildman–Crippen LogP) is 2.95. The number of nitrogens with zero attached hydrogens (tertiary/aromatic N) is 2. The van der Waals surface area contributed by atoms with Crippen molar-refractivity contribution < 1.29 is 23.4 Å². The fraction of sp³-hybridized carbons (Fsp3) is 0.588. The molecule has 3 atom stereocenters. The number of halogens is 2. The monoisotopic (exact) mass is 340 g/mol. The van der Waals surface area contributed by atoms with E-state index < -0.39 is 17.7 Å². The third-order valence-corrected chi connectivity index (χ3v) is 5.03. The van der Waals surface area contributed by atoms with Gasteiger partial charge in [-0.15, -0.1) is 0 Å². The summed E-state index contributed by atoms with van der Waals surface area (Å²) in [6.07, 6.45) is 0.623. The lowest BCUT2D eigenvalue weighted by molar-refractivity contribution is -0.0841. The van der Waals surface area contributed by atoms with E-state index in [0.717, 1.165) is 18.9 Å². The Labute approximate surface area is 139 Å². The molecule has 0 spiro atoms. The summed E-state index contributed by atoms with van der Waals surface area (Å²) >= 11 is 0. The van der Waals surface area contributed by atoms with Crippen LogP contribution in [-0.2, 0) is 4.74 Å². The summed E-state index contributed by atoms with van der Waals surface area (Å²) in [4.78, 5) is 14.6. The van der Waals surface area contributed by atoms with Gasteiger partial charge < -0.3 is 19.6 Å². The molecule has 2 aliphatic rings. The van der Waals surface area contributed by atoms with Gasteiger partial charge in [0.15, 0.2) is 0 Å². The maximum Gasteiger partial charge on any atom is 0.407 e. The Kier molecular flexibility index (Phi) is 4.89. The van der Waals surface area contributed by atoms with E-state index in [0.29, 0.717) is 31.9 Å². The van der Waals surface area contributed by atoms with Crippen molar-refractivity contribution in [2.45, 2.75) is 31.9 Å². The van der Waals surface area contributed by atoms with Gasteiger partial charge in [-0.1, -0.05) is 0 Å². The number of carboxylic acid groups (broad SMARTS) is 1. The number of hydrogen-bond donors (Lipinski definition) is 1. The topological polar surface area (TPSA) is 53.0 Å². The summed E-state index contributed by atoms with van der Waals surface area (Å²) in [5.74, 6) is -1.05. The van der Waals surface area contributed by atoms with Gasteiger partial charge in [0.05, 0.1) is 24.4 Å². The van der Waals surface area contributed by atoms with Crippen molar-refractivity contribution in [2.24, 2.45) is 5.92 Å². The van der Waals surface area contributed by atoms with Crippen LogP contribution in [0.25, 0.3) is 0 Å². The molecule has 1 aromatic carbocycles. The first-order chi connectivity index (χ1) is 11.5. The predicted molar refractivity (Wildman–Crippen MR) is 85.2 cm³/mol. The molecule has 0 aliphatic carbocycles. The van der Waals surface area contributed by atoms with Crippen molar-refractivity contribution in [1.29, 1.82) is 0 Å². The fourth-order valence-corrected chi connectivity index (χ4v) is 3.84. The van der Waals surface area contributed by atoms with E-state index in [2.05, 4.69) is 0 Å². The minimum absolute atomic E-state index is 0.111. The third kappa shape index (κ3) is 3.31. The lowest BCUT2D eigenvalue weighted by atomic mass is 9.87. The fourth-order valence-electron chi connectivity index (χ4n) is 3.84. The van der Waals surface area contributed by atoms with Crippen molar-refractivity contribution in [2.75, 3.05) is 31.1 Å². The lowest BCUT2D eigenvalue weighted by Gasteiger charge is -2.45. The Balaban J connectivity index is 1.74. The zero-order valence-corrected chi connectivity index (χ0v) is 13.6. The number of rotatable bonds is 2. The summed E-state index contributed by atoms with van der Waals surface area (Å²) < 4.78 is 33.0. The number of piperidine rings is 1. The van der Waals surface area contributed by atoms with E-state index in [1.807, 2.05) is 11.8 Å². The standard InChI is InChI=1S/C17H22F2N2O3/c1-11-16(24-8-7-21(11)17(22)23)12-3-2-6-20(10-12)15-5-4-13(18)9-14(15)19/h4-5,9,11-12,16H,2-3,6-8,10H2,1H3,(H,22,23). The lowest BCUT2D eigenvalue weighted by Crippen LogP contribution is -2.56. The molecule has 0 radical (unpaired) electrons. The summed E-state index contributed by atoms with van der Waals surface area (Å²) in [6, 6.07) is 3.37. The van der Waals surface area contributed by atoms with E-state index in [1.54, 1.807) is 0 Å². The molecule has 2 fully saturated rings. The highest BCUT2D eigenvalue weighted by atomic mass is 19.1. The highest BCUT2D eigenvalue weighted by Crippen LogP contribution is 2.31. The van der Waals surface area contributed by atoms with Crippen LogP contribution < -0.4 is 4.90 Å². The van der Waals surface area contributed by atoms with Crippen LogP contribution in [0.15, 0.2) is 18.2 Å². The molecule has 3 rings (SSSR count). The van der Waals surface area contributed by atoms with Crippen LogP contribution in [0.3, 0.4) is 0 Å². The van der Waals surface area contributed by atoms with Gasteiger partial charge in [0, 0.05) is 31.6 Å². The van der Waals surface area contributed by atoms with Gasteiger partial charge in [-0.2, -0.15) is 0 Å². The van der Waals surface area contributed by atoms with Gasteiger partial charge in [-0.25, -0.2) is 13.6 Å². The molecule has 24 heavy (non-hydrogen) atoms. The number of benzene rings is 1. The Morgan fingerprint density at radius 1 is 1.33 bits per heavy atom. The van der Waals surface area contributed by atoms with Crippen molar-refractivity contribution in [3.05, 3.63) is 29.8 Å². The highest BCUT2D eigenvalue weighted by molar-refractivity contribution is 5.65. The number of carbonyl (C=O) groups is 1. The Morgan fingerprint density at radius 3 is 2.83 bits per heavy atom. The smallest absolute Gasteiger partial charge is 0.407 e. The van der Waals surface area contributed by atoms with Gasteiger partial charge in [0.25, 0.3) is 0 Å². The van der Waals surface area contributed by atoms with Crippen LogP contribution in [0.4, 0.5) is 19.3 Å². The Bertz CT molecular complexity index is 613. The van der Waals surface area contributed by atoms with E-state index in [-0.39, 0.29) is 18.1 Å². The molecule has 2 aliphatic heterocycles. The summed E-state index contributed by atoms with van der Waals surface area (Å²) in [5.41, 5.74) is 0.389. The molecule has 1 N–H and O–H groups in total. The molecule has 2 saturated heterocycles. The van der Waals surface area contributed by atoms with Crippen LogP contribution in [0, 0.1) is 17.6 Å². The summed E-state index contributed by atoms with van der Waals surface area (Å²) in [6.45, 7) is 3.88. The number of ether oxygens (including phenoxy) is 1. The zero-order chi connectivity index (χ0) is 17.3. The van der Waals surface area contributed by atoms with Crippen LogP contribution in [0.1, 0.15) is 19.8 Å². The molecule has 132 valence electrons. The quantitative estimate of drug-likeness (QED) is 0.899. The van der Waals surface area contributed by atoms with Crippen LogP contribution in [0.2, 0.25) is 0 Å². The molecule has 1 amide bonds. The van der Waals surface area contributed by atoms with Crippen molar-refractivity contribution in [3.8, 4) is 0 Å². The summed E-state index contributed by atoms with van der Waals surface area (Å²) in [5, 5.41) is 9.29. The van der Waals surface area contributed by atoms with Crippen LogP contribution in [0.5, 0.6) is 0 Å². The average Bonchev–Trinajstić information content (AvgIpc) is 2.55. The second-order valence-corrected chi connectivity index (χ2v) is 6.50. The van der Waals surface area contributed by atoms with Crippen LogP contribution in [-0.4, -0.2) is 54.5 Å². The molecule has 5 nitrogen and oxygen atoms in total. The first kappa shape index (κ1) is 17.0. The van der Waals surface area contributed by atoms with Crippen molar-refractivity contribution in [1.82, 2.24) is 4.90 Å². The maximum atomic E-state index is 14.0. The SMILES string of the molecule is CC1C(C2CCCN(c3ccc(F)cc3F)C2)OCCN1C(=O)O. The molecule has 0 aromatic heterocycles. The van der Waals surface area contributed by atoms with E-state index in [4.69, 9.17) is 4.74 Å². The van der Waals surface area contributed by atoms with Gasteiger partial charge in [0.2, 0.25) is 0 Å². The van der Waals surface area contributed by atoms with Gasteiger partial charge >= 0.3 is 6.09 Å². The first-order valence-corrected chi connectivity index (χ1v) is 8.28. The molecular weight excluding hydrogens is 318 g/mol. The van der Waals surface area contributed by atoms with Crippen molar-refractivity contribution >= 4 is 11.8 Å². The highest BCUT2D eigenvalue weighted by Gasteiger charge is 2.38. The second kappa shape index (κ2) is 6.93. The van der Waals surface area contributed by atoms with Crippen molar-refractivity contribution in [3.63, 3.8) is 0 Å². The third-order valence-electron chi connectivity index (χ3n) is 5.03. The average molecular weight is 340 g/mol. The van der Waals surface area contributed by atoms with E-state index >= 15 is 0 Å². The number of amides is 1. The van der Waals surface area contributed by atoms with E-state index in [1.165, 1.54) is 17.0 Å². The zero-order valence-electron chi connectivity index (χ0n) is 13.6. The maximum absolute atomic E-state index is 14.0. The molecule has 2 heterocycles.